The first-order valence-electron chi connectivity index (χ1n) is 3.12. The summed E-state index contributed by atoms with van der Waals surface area (Å²) in [5.74, 6) is 0.480. The third-order valence-electron chi connectivity index (χ3n) is 1.24. The average Bonchev–Trinajstić information content (AvgIpc) is 2.47. The molecule has 0 N–H and O–H groups in total. The standard InChI is InChI=1S/C8H7ClOS/c9-3-1-2-7-5-11-6-8(7)4-10/h1-2,4-6H,3H2. The Bertz CT molecular complexity index is 265. The molecule has 1 aromatic rings. The van der Waals surface area contributed by atoms with Crippen molar-refractivity contribution in [3.8, 4) is 0 Å². The molecular weight excluding hydrogens is 180 g/mol. The van der Waals surface area contributed by atoms with Crippen LogP contribution in [0.2, 0.25) is 0 Å². The Labute approximate surface area is 74.3 Å². The fourth-order valence-corrected chi connectivity index (χ4v) is 1.58. The van der Waals surface area contributed by atoms with Gasteiger partial charge in [0.1, 0.15) is 0 Å². The van der Waals surface area contributed by atoms with Gasteiger partial charge in [-0.05, 0) is 10.9 Å². The molecule has 0 atom stereocenters. The molecule has 0 unspecified atom stereocenters. The van der Waals surface area contributed by atoms with E-state index >= 15 is 0 Å². The number of hydrogen-bond donors (Lipinski definition) is 0. The van der Waals surface area contributed by atoms with E-state index in [0.717, 1.165) is 17.4 Å². The lowest BCUT2D eigenvalue weighted by Crippen LogP contribution is -1.76. The summed E-state index contributed by atoms with van der Waals surface area (Å²) in [6.45, 7) is 0. The zero-order valence-electron chi connectivity index (χ0n) is 5.79. The van der Waals surface area contributed by atoms with Gasteiger partial charge in [-0.15, -0.1) is 11.6 Å². The van der Waals surface area contributed by atoms with Crippen molar-refractivity contribution in [1.82, 2.24) is 0 Å². The Morgan fingerprint density at radius 1 is 1.45 bits per heavy atom. The molecule has 0 aliphatic carbocycles. The van der Waals surface area contributed by atoms with E-state index in [-0.39, 0.29) is 0 Å². The molecule has 0 amide bonds. The van der Waals surface area contributed by atoms with Crippen molar-refractivity contribution in [1.29, 1.82) is 0 Å². The topological polar surface area (TPSA) is 17.1 Å². The summed E-state index contributed by atoms with van der Waals surface area (Å²) in [6, 6.07) is 0. The first-order valence-corrected chi connectivity index (χ1v) is 4.60. The van der Waals surface area contributed by atoms with Gasteiger partial charge in [-0.1, -0.05) is 12.2 Å². The predicted molar refractivity (Wildman–Crippen MR) is 49.5 cm³/mol. The number of hydrogen-bond acceptors (Lipinski definition) is 2. The molecule has 3 heteroatoms. The maximum absolute atomic E-state index is 10.4. The van der Waals surface area contributed by atoms with Crippen LogP contribution in [0.3, 0.4) is 0 Å². The summed E-state index contributed by atoms with van der Waals surface area (Å²) in [6.07, 6.45) is 4.52. The SMILES string of the molecule is O=Cc1cscc1C=CCCl. The zero-order valence-corrected chi connectivity index (χ0v) is 7.36. The van der Waals surface area contributed by atoms with Crippen LogP contribution < -0.4 is 0 Å². The summed E-state index contributed by atoms with van der Waals surface area (Å²) < 4.78 is 0. The maximum Gasteiger partial charge on any atom is 0.151 e. The van der Waals surface area contributed by atoms with Gasteiger partial charge < -0.3 is 0 Å². The summed E-state index contributed by atoms with van der Waals surface area (Å²) in [5, 5.41) is 3.74. The number of aldehydes is 1. The summed E-state index contributed by atoms with van der Waals surface area (Å²) >= 11 is 6.96. The molecule has 1 aromatic heterocycles. The van der Waals surface area contributed by atoms with Crippen molar-refractivity contribution in [2.75, 3.05) is 5.88 Å². The molecule has 0 aliphatic heterocycles. The largest absolute Gasteiger partial charge is 0.298 e. The van der Waals surface area contributed by atoms with Crippen LogP contribution in [0.25, 0.3) is 6.08 Å². The highest BCUT2D eigenvalue weighted by atomic mass is 35.5. The molecule has 1 rings (SSSR count). The van der Waals surface area contributed by atoms with Gasteiger partial charge in [0.2, 0.25) is 0 Å². The molecule has 0 radical (unpaired) electrons. The van der Waals surface area contributed by atoms with E-state index in [1.54, 1.807) is 0 Å². The van der Waals surface area contributed by atoms with Gasteiger partial charge in [-0.2, -0.15) is 11.3 Å². The Balaban J connectivity index is 2.84. The third-order valence-corrected chi connectivity index (χ3v) is 2.20. The molecule has 0 fully saturated rings. The normalized spacial score (nSPS) is 10.6. The molecule has 0 aliphatic rings. The van der Waals surface area contributed by atoms with Gasteiger partial charge in [-0.3, -0.25) is 4.79 Å². The van der Waals surface area contributed by atoms with Crippen LogP contribution in [0, 0.1) is 0 Å². The third kappa shape index (κ3) is 2.17. The lowest BCUT2D eigenvalue weighted by atomic mass is 10.2. The van der Waals surface area contributed by atoms with E-state index < -0.39 is 0 Å². The molecule has 0 saturated carbocycles. The number of halogens is 1. The van der Waals surface area contributed by atoms with Crippen molar-refractivity contribution < 1.29 is 4.79 Å². The van der Waals surface area contributed by atoms with Gasteiger partial charge >= 0.3 is 0 Å². The fraction of sp³-hybridized carbons (Fsp3) is 0.125. The van der Waals surface area contributed by atoms with Crippen LogP contribution in [0.1, 0.15) is 15.9 Å². The van der Waals surface area contributed by atoms with Crippen molar-refractivity contribution in [3.05, 3.63) is 28.0 Å². The van der Waals surface area contributed by atoms with Crippen molar-refractivity contribution in [2.24, 2.45) is 0 Å². The lowest BCUT2D eigenvalue weighted by Gasteiger charge is -1.85. The maximum atomic E-state index is 10.4. The van der Waals surface area contributed by atoms with E-state index in [0.29, 0.717) is 5.88 Å². The Morgan fingerprint density at radius 3 is 2.82 bits per heavy atom. The number of alkyl halides is 1. The molecule has 0 aromatic carbocycles. The van der Waals surface area contributed by atoms with Crippen LogP contribution in [0.15, 0.2) is 16.8 Å². The lowest BCUT2D eigenvalue weighted by molar-refractivity contribution is 0.112. The molecule has 0 bridgehead atoms. The van der Waals surface area contributed by atoms with E-state index in [1.165, 1.54) is 11.3 Å². The minimum Gasteiger partial charge on any atom is -0.298 e. The first kappa shape index (κ1) is 8.50. The minimum absolute atomic E-state index is 0.480. The van der Waals surface area contributed by atoms with E-state index in [9.17, 15) is 4.79 Å². The van der Waals surface area contributed by atoms with E-state index in [4.69, 9.17) is 11.6 Å². The molecular formula is C8H7ClOS. The Kier molecular flexibility index (Phi) is 3.33. The van der Waals surface area contributed by atoms with Crippen molar-refractivity contribution in [3.63, 3.8) is 0 Å². The molecule has 0 spiro atoms. The highest BCUT2D eigenvalue weighted by molar-refractivity contribution is 7.08. The van der Waals surface area contributed by atoms with Gasteiger partial charge in [-0.25, -0.2) is 0 Å². The second kappa shape index (κ2) is 4.31. The van der Waals surface area contributed by atoms with Crippen molar-refractivity contribution in [2.45, 2.75) is 0 Å². The predicted octanol–water partition coefficient (Wildman–Crippen LogP) is 2.81. The molecule has 1 nitrogen and oxygen atoms in total. The average molecular weight is 187 g/mol. The first-order chi connectivity index (χ1) is 5.38. The smallest absolute Gasteiger partial charge is 0.151 e. The van der Waals surface area contributed by atoms with Crippen LogP contribution in [0.4, 0.5) is 0 Å². The number of carbonyl (C=O) groups excluding carboxylic acids is 1. The van der Waals surface area contributed by atoms with E-state index in [1.807, 2.05) is 22.9 Å². The van der Waals surface area contributed by atoms with Crippen LogP contribution in [-0.2, 0) is 0 Å². The monoisotopic (exact) mass is 186 g/mol. The van der Waals surface area contributed by atoms with Gasteiger partial charge in [0.25, 0.3) is 0 Å². The number of allylic oxidation sites excluding steroid dienone is 1. The van der Waals surface area contributed by atoms with Gasteiger partial charge in [0.15, 0.2) is 6.29 Å². The van der Waals surface area contributed by atoms with E-state index in [2.05, 4.69) is 0 Å². The number of rotatable bonds is 3. The fourth-order valence-electron chi connectivity index (χ4n) is 0.720. The number of carbonyl (C=O) groups is 1. The van der Waals surface area contributed by atoms with Crippen LogP contribution in [-0.4, -0.2) is 12.2 Å². The molecule has 0 saturated heterocycles. The Morgan fingerprint density at radius 2 is 2.18 bits per heavy atom. The van der Waals surface area contributed by atoms with Gasteiger partial charge in [0.05, 0.1) is 0 Å². The highest BCUT2D eigenvalue weighted by Crippen LogP contribution is 2.14. The summed E-state index contributed by atoms with van der Waals surface area (Å²) in [5.41, 5.74) is 1.68. The number of thiophene rings is 1. The Hall–Kier alpha value is -0.600. The van der Waals surface area contributed by atoms with Crippen molar-refractivity contribution >= 4 is 35.3 Å². The van der Waals surface area contributed by atoms with Gasteiger partial charge in [0, 0.05) is 16.8 Å². The molecule has 1 heterocycles. The summed E-state index contributed by atoms with van der Waals surface area (Å²) in [7, 11) is 0. The zero-order chi connectivity index (χ0) is 8.10. The highest BCUT2D eigenvalue weighted by Gasteiger charge is 1.96. The van der Waals surface area contributed by atoms with Crippen LogP contribution in [0.5, 0.6) is 0 Å². The quantitative estimate of drug-likeness (QED) is 0.524. The second-order valence-corrected chi connectivity index (χ2v) is 3.01. The van der Waals surface area contributed by atoms with Crippen LogP contribution >= 0.6 is 22.9 Å². The molecule has 58 valence electrons. The second-order valence-electron chi connectivity index (χ2n) is 1.96. The minimum atomic E-state index is 0.480. The summed E-state index contributed by atoms with van der Waals surface area (Å²) in [4.78, 5) is 10.4. The molecule has 11 heavy (non-hydrogen) atoms.